The van der Waals surface area contributed by atoms with Crippen molar-refractivity contribution in [3.63, 3.8) is 0 Å². The summed E-state index contributed by atoms with van der Waals surface area (Å²) in [7, 11) is 0. The van der Waals surface area contributed by atoms with Gasteiger partial charge in [-0.15, -0.1) is 0 Å². The van der Waals surface area contributed by atoms with Crippen molar-refractivity contribution in [1.29, 1.82) is 0 Å². The van der Waals surface area contributed by atoms with E-state index in [4.69, 9.17) is 9.47 Å². The Bertz CT molecular complexity index is 799. The van der Waals surface area contributed by atoms with Crippen LogP contribution in [0.2, 0.25) is 0 Å². The highest BCUT2D eigenvalue weighted by Crippen LogP contribution is 2.34. The van der Waals surface area contributed by atoms with Crippen molar-refractivity contribution in [1.82, 2.24) is 0 Å². The second-order valence-corrected chi connectivity index (χ2v) is 5.95. The quantitative estimate of drug-likeness (QED) is 0.458. The summed E-state index contributed by atoms with van der Waals surface area (Å²) in [5.41, 5.74) is 2.42. The maximum atomic E-state index is 11.3. The summed E-state index contributed by atoms with van der Waals surface area (Å²) >= 11 is 0. The van der Waals surface area contributed by atoms with Crippen LogP contribution in [0.5, 0.6) is 11.5 Å². The Labute approximate surface area is 142 Å². The Hall–Kier alpha value is -2.62. The van der Waals surface area contributed by atoms with Gasteiger partial charge in [0.25, 0.3) is 0 Å². The molecular weight excluding hydrogens is 304 g/mol. The minimum Gasteiger partial charge on any atom is -0.426 e. The summed E-state index contributed by atoms with van der Waals surface area (Å²) in [5, 5.41) is 1.51. The largest absolute Gasteiger partial charge is 0.426 e. The molecule has 0 unspecified atom stereocenters. The average Bonchev–Trinajstić information content (AvgIpc) is 2.48. The summed E-state index contributed by atoms with van der Waals surface area (Å²) in [6.45, 7) is 6.87. The Balaban J connectivity index is 2.46. The van der Waals surface area contributed by atoms with Crippen LogP contribution >= 0.6 is 0 Å². The van der Waals surface area contributed by atoms with E-state index >= 15 is 0 Å². The maximum Gasteiger partial charge on any atom is 0.308 e. The smallest absolute Gasteiger partial charge is 0.308 e. The van der Waals surface area contributed by atoms with Gasteiger partial charge in [0.2, 0.25) is 0 Å². The van der Waals surface area contributed by atoms with Crippen LogP contribution in [0.25, 0.3) is 10.8 Å². The Morgan fingerprint density at radius 3 is 2.00 bits per heavy atom. The number of allylic oxidation sites excluding steroid dienone is 2. The van der Waals surface area contributed by atoms with Crippen molar-refractivity contribution in [2.75, 3.05) is 0 Å². The molecule has 0 spiro atoms. The second kappa shape index (κ2) is 7.77. The summed E-state index contributed by atoms with van der Waals surface area (Å²) < 4.78 is 10.5. The van der Waals surface area contributed by atoms with Crippen LogP contribution in [0.3, 0.4) is 0 Å². The third-order valence-electron chi connectivity index (χ3n) is 3.49. The van der Waals surface area contributed by atoms with Gasteiger partial charge in [-0.1, -0.05) is 23.8 Å². The number of fused-ring (bicyclic) bond motifs is 1. The molecule has 126 valence electrons. The first-order valence-electron chi connectivity index (χ1n) is 7.92. The molecule has 0 aliphatic carbocycles. The zero-order chi connectivity index (χ0) is 17.7. The fourth-order valence-electron chi connectivity index (χ4n) is 2.51. The van der Waals surface area contributed by atoms with Crippen molar-refractivity contribution >= 4 is 22.7 Å². The number of carbonyl (C=O) groups is 2. The number of carbonyl (C=O) groups excluding carboxylic acids is 2. The lowest BCUT2D eigenvalue weighted by Gasteiger charge is -2.12. The summed E-state index contributed by atoms with van der Waals surface area (Å²) in [5.74, 6) is 0.164. The molecule has 0 fully saturated rings. The van der Waals surface area contributed by atoms with Crippen LogP contribution in [-0.4, -0.2) is 11.9 Å². The zero-order valence-electron chi connectivity index (χ0n) is 14.5. The minimum absolute atomic E-state index is 0.383. The molecule has 2 aromatic rings. The van der Waals surface area contributed by atoms with Gasteiger partial charge < -0.3 is 9.47 Å². The Morgan fingerprint density at radius 2 is 1.46 bits per heavy atom. The lowest BCUT2D eigenvalue weighted by molar-refractivity contribution is -0.132. The Morgan fingerprint density at radius 1 is 0.875 bits per heavy atom. The van der Waals surface area contributed by atoms with E-state index in [1.54, 1.807) is 12.1 Å². The molecule has 24 heavy (non-hydrogen) atoms. The van der Waals surface area contributed by atoms with E-state index in [2.05, 4.69) is 19.9 Å². The molecule has 0 heterocycles. The van der Waals surface area contributed by atoms with Gasteiger partial charge in [0, 0.05) is 24.6 Å². The SMILES string of the molecule is CC(=O)Oc1ccc(OC(C)=O)c2cc(CCC=C(C)C)ccc12. The number of hydrogen-bond acceptors (Lipinski definition) is 4. The predicted molar refractivity (Wildman–Crippen MR) is 94.3 cm³/mol. The first-order chi connectivity index (χ1) is 11.4. The summed E-state index contributed by atoms with van der Waals surface area (Å²) in [6.07, 6.45) is 4.02. The standard InChI is InChI=1S/C20H22O4/c1-13(2)6-5-7-16-8-9-17-18(12-16)20(24-15(4)22)11-10-19(17)23-14(3)21/h6,8-12H,5,7H2,1-4H3. The van der Waals surface area contributed by atoms with Gasteiger partial charge in [0.05, 0.1) is 0 Å². The highest BCUT2D eigenvalue weighted by molar-refractivity contribution is 5.96. The monoisotopic (exact) mass is 326 g/mol. The van der Waals surface area contributed by atoms with Crippen LogP contribution in [-0.2, 0) is 16.0 Å². The molecule has 4 nitrogen and oxygen atoms in total. The van der Waals surface area contributed by atoms with Crippen LogP contribution in [0, 0.1) is 0 Å². The van der Waals surface area contributed by atoms with Crippen molar-refractivity contribution in [3.05, 3.63) is 47.5 Å². The third-order valence-corrected chi connectivity index (χ3v) is 3.49. The molecule has 4 heteroatoms. The van der Waals surface area contributed by atoms with E-state index in [0.717, 1.165) is 29.2 Å². The third kappa shape index (κ3) is 4.69. The molecule has 2 aromatic carbocycles. The van der Waals surface area contributed by atoms with Gasteiger partial charge in [-0.05, 0) is 50.5 Å². The Kier molecular flexibility index (Phi) is 5.74. The average molecular weight is 326 g/mol. The number of esters is 2. The first-order valence-corrected chi connectivity index (χ1v) is 7.92. The van der Waals surface area contributed by atoms with Gasteiger partial charge in [-0.25, -0.2) is 0 Å². The normalized spacial score (nSPS) is 10.3. The van der Waals surface area contributed by atoms with Crippen LogP contribution in [0.1, 0.15) is 39.7 Å². The molecular formula is C20H22O4. The molecule has 0 aromatic heterocycles. The fourth-order valence-corrected chi connectivity index (χ4v) is 2.51. The number of ether oxygens (including phenoxy) is 2. The van der Waals surface area contributed by atoms with Crippen LogP contribution in [0.15, 0.2) is 42.0 Å². The minimum atomic E-state index is -0.385. The highest BCUT2D eigenvalue weighted by atomic mass is 16.5. The van der Waals surface area contributed by atoms with E-state index in [0.29, 0.717) is 11.5 Å². The second-order valence-electron chi connectivity index (χ2n) is 5.95. The number of aryl methyl sites for hydroxylation is 1. The molecule has 0 saturated carbocycles. The molecule has 0 bridgehead atoms. The van der Waals surface area contributed by atoms with Crippen molar-refractivity contribution in [3.8, 4) is 11.5 Å². The van der Waals surface area contributed by atoms with E-state index in [1.807, 2.05) is 18.2 Å². The maximum absolute atomic E-state index is 11.3. The van der Waals surface area contributed by atoms with Gasteiger partial charge in [0.1, 0.15) is 11.5 Å². The van der Waals surface area contributed by atoms with Crippen LogP contribution < -0.4 is 9.47 Å². The fraction of sp³-hybridized carbons (Fsp3) is 0.300. The molecule has 0 amide bonds. The number of benzene rings is 2. The molecule has 0 radical (unpaired) electrons. The van der Waals surface area contributed by atoms with E-state index in [1.165, 1.54) is 19.4 Å². The van der Waals surface area contributed by atoms with Crippen LogP contribution in [0.4, 0.5) is 0 Å². The lowest BCUT2D eigenvalue weighted by Crippen LogP contribution is -2.04. The van der Waals surface area contributed by atoms with Gasteiger partial charge in [-0.3, -0.25) is 9.59 Å². The van der Waals surface area contributed by atoms with Gasteiger partial charge in [-0.2, -0.15) is 0 Å². The molecule has 0 aliphatic rings. The molecule has 0 saturated heterocycles. The summed E-state index contributed by atoms with van der Waals surface area (Å²) in [4.78, 5) is 22.6. The van der Waals surface area contributed by atoms with Crippen molar-refractivity contribution < 1.29 is 19.1 Å². The lowest BCUT2D eigenvalue weighted by atomic mass is 10.0. The van der Waals surface area contributed by atoms with Gasteiger partial charge in [0.15, 0.2) is 0 Å². The predicted octanol–water partition coefficient (Wildman–Crippen LogP) is 4.59. The number of rotatable bonds is 5. The first kappa shape index (κ1) is 17.7. The highest BCUT2D eigenvalue weighted by Gasteiger charge is 2.12. The molecule has 0 N–H and O–H groups in total. The molecule has 0 aliphatic heterocycles. The van der Waals surface area contributed by atoms with E-state index in [9.17, 15) is 9.59 Å². The van der Waals surface area contributed by atoms with Crippen molar-refractivity contribution in [2.45, 2.75) is 40.5 Å². The van der Waals surface area contributed by atoms with Crippen molar-refractivity contribution in [2.24, 2.45) is 0 Å². The zero-order valence-corrected chi connectivity index (χ0v) is 14.5. The topological polar surface area (TPSA) is 52.6 Å². The van der Waals surface area contributed by atoms with Gasteiger partial charge >= 0.3 is 11.9 Å². The molecule has 2 rings (SSSR count). The van der Waals surface area contributed by atoms with E-state index < -0.39 is 0 Å². The molecule has 0 atom stereocenters. The summed E-state index contributed by atoms with van der Waals surface area (Å²) in [6, 6.07) is 9.19. The number of hydrogen-bond donors (Lipinski definition) is 0. The van der Waals surface area contributed by atoms with E-state index in [-0.39, 0.29) is 11.9 Å².